The number of nitrogens with one attached hydrogen (secondary N) is 1. The second-order valence-corrected chi connectivity index (χ2v) is 5.91. The molecule has 0 saturated carbocycles. The summed E-state index contributed by atoms with van der Waals surface area (Å²) >= 11 is 0. The third-order valence-electron chi connectivity index (χ3n) is 4.16. The van der Waals surface area contributed by atoms with Crippen LogP contribution < -0.4 is 5.56 Å². The van der Waals surface area contributed by atoms with Crippen LogP contribution in [0.1, 0.15) is 5.69 Å². The molecule has 0 radical (unpaired) electrons. The van der Waals surface area contributed by atoms with Crippen molar-refractivity contribution in [1.29, 1.82) is 0 Å². The summed E-state index contributed by atoms with van der Waals surface area (Å²) in [5.74, 6) is -0.373. The molecule has 2 aromatic carbocycles. The molecule has 2 heterocycles. The lowest BCUT2D eigenvalue weighted by Crippen LogP contribution is -2.14. The van der Waals surface area contributed by atoms with Crippen LogP contribution in [0, 0.1) is 5.82 Å². The number of rotatable bonds is 4. The first-order chi connectivity index (χ1) is 12.7. The Bertz CT molecular complexity index is 1130. The predicted octanol–water partition coefficient (Wildman–Crippen LogP) is 3.64. The minimum absolute atomic E-state index is 0.270. The molecule has 130 valence electrons. The number of benzene rings is 2. The number of aromatic amines is 1. The number of halogens is 1. The van der Waals surface area contributed by atoms with Crippen molar-refractivity contribution in [1.82, 2.24) is 14.6 Å². The fraction of sp³-hybridized carbons (Fsp3) is 0.100. The highest BCUT2D eigenvalue weighted by atomic mass is 19.1. The summed E-state index contributed by atoms with van der Waals surface area (Å²) in [5.41, 5.74) is 3.65. The third-order valence-corrected chi connectivity index (χ3v) is 4.16. The van der Waals surface area contributed by atoms with Crippen molar-refractivity contribution in [2.24, 2.45) is 0 Å². The Hall–Kier alpha value is -3.25. The van der Waals surface area contributed by atoms with E-state index in [1.807, 2.05) is 30.3 Å². The Morgan fingerprint density at radius 1 is 1.08 bits per heavy atom. The van der Waals surface area contributed by atoms with Gasteiger partial charge in [0.2, 0.25) is 0 Å². The van der Waals surface area contributed by atoms with Crippen molar-refractivity contribution in [2.75, 3.05) is 7.11 Å². The van der Waals surface area contributed by atoms with E-state index < -0.39 is 0 Å². The smallest absolute Gasteiger partial charge is 0.273 e. The minimum atomic E-state index is -0.373. The normalized spacial score (nSPS) is 11.2. The van der Waals surface area contributed by atoms with Crippen molar-refractivity contribution in [3.8, 4) is 22.4 Å². The Labute approximate surface area is 148 Å². The van der Waals surface area contributed by atoms with Crippen LogP contribution in [0.25, 0.3) is 28.0 Å². The fourth-order valence-electron chi connectivity index (χ4n) is 3.04. The van der Waals surface area contributed by atoms with Crippen LogP contribution in [-0.4, -0.2) is 21.7 Å². The molecule has 0 fully saturated rings. The van der Waals surface area contributed by atoms with E-state index >= 15 is 0 Å². The maximum atomic E-state index is 13.6. The van der Waals surface area contributed by atoms with Gasteiger partial charge in [0.1, 0.15) is 5.82 Å². The molecular formula is C20H16FN3O2. The first-order valence-electron chi connectivity index (χ1n) is 8.12. The van der Waals surface area contributed by atoms with Crippen molar-refractivity contribution in [2.45, 2.75) is 6.61 Å². The summed E-state index contributed by atoms with van der Waals surface area (Å²) in [6.07, 6.45) is 0. The Morgan fingerprint density at radius 2 is 1.85 bits per heavy atom. The molecule has 5 nitrogen and oxygen atoms in total. The summed E-state index contributed by atoms with van der Waals surface area (Å²) < 4.78 is 20.2. The van der Waals surface area contributed by atoms with E-state index in [0.717, 1.165) is 16.8 Å². The number of aromatic nitrogens is 3. The number of ether oxygens (including phenoxy) is 1. The van der Waals surface area contributed by atoms with E-state index in [-0.39, 0.29) is 11.4 Å². The second-order valence-electron chi connectivity index (χ2n) is 5.91. The molecule has 0 amide bonds. The maximum Gasteiger partial charge on any atom is 0.273 e. The number of methoxy groups -OCH3 is 1. The van der Waals surface area contributed by atoms with Crippen LogP contribution in [0.4, 0.5) is 4.39 Å². The molecule has 2 aromatic heterocycles. The SMILES string of the molecule is COCc1[nH]n2c(=O)cc(-c3cccc(F)c3)nc2c1-c1ccccc1. The van der Waals surface area contributed by atoms with Gasteiger partial charge in [-0.25, -0.2) is 13.9 Å². The molecule has 0 spiro atoms. The van der Waals surface area contributed by atoms with E-state index in [1.54, 1.807) is 19.2 Å². The zero-order valence-electron chi connectivity index (χ0n) is 14.1. The third kappa shape index (κ3) is 2.80. The highest BCUT2D eigenvalue weighted by Crippen LogP contribution is 2.28. The van der Waals surface area contributed by atoms with E-state index in [1.165, 1.54) is 22.7 Å². The van der Waals surface area contributed by atoms with E-state index in [9.17, 15) is 9.18 Å². The first-order valence-corrected chi connectivity index (χ1v) is 8.12. The Morgan fingerprint density at radius 3 is 2.58 bits per heavy atom. The monoisotopic (exact) mass is 349 g/mol. The number of hydrogen-bond acceptors (Lipinski definition) is 3. The molecule has 4 rings (SSSR count). The number of fused-ring (bicyclic) bond motifs is 1. The van der Waals surface area contributed by atoms with Gasteiger partial charge < -0.3 is 4.74 Å². The van der Waals surface area contributed by atoms with Gasteiger partial charge in [-0.1, -0.05) is 42.5 Å². The number of hydrogen-bond donors (Lipinski definition) is 1. The molecule has 4 aromatic rings. The van der Waals surface area contributed by atoms with Crippen molar-refractivity contribution < 1.29 is 9.13 Å². The molecule has 0 aliphatic heterocycles. The van der Waals surface area contributed by atoms with Crippen LogP contribution >= 0.6 is 0 Å². The molecule has 0 aliphatic rings. The largest absolute Gasteiger partial charge is 0.378 e. The first kappa shape index (κ1) is 16.2. The molecule has 1 N–H and O–H groups in total. The number of H-pyrrole nitrogens is 1. The van der Waals surface area contributed by atoms with Gasteiger partial charge in [0.25, 0.3) is 5.56 Å². The lowest BCUT2D eigenvalue weighted by Gasteiger charge is -2.04. The average Bonchev–Trinajstić information content (AvgIpc) is 3.01. The van der Waals surface area contributed by atoms with E-state index in [0.29, 0.717) is 23.5 Å². The summed E-state index contributed by atoms with van der Waals surface area (Å²) in [4.78, 5) is 17.3. The zero-order chi connectivity index (χ0) is 18.1. The molecule has 26 heavy (non-hydrogen) atoms. The summed E-state index contributed by atoms with van der Waals surface area (Å²) in [6.45, 7) is 0.308. The Kier molecular flexibility index (Phi) is 4.10. The molecule has 0 aliphatic carbocycles. The van der Waals surface area contributed by atoms with Gasteiger partial charge in [0.05, 0.1) is 18.0 Å². The van der Waals surface area contributed by atoms with Crippen LogP contribution in [0.2, 0.25) is 0 Å². The van der Waals surface area contributed by atoms with Gasteiger partial charge in [0.15, 0.2) is 5.65 Å². The average molecular weight is 349 g/mol. The van der Waals surface area contributed by atoms with Gasteiger partial charge in [-0.2, -0.15) is 0 Å². The molecule has 0 bridgehead atoms. The van der Waals surface area contributed by atoms with Crippen LogP contribution in [-0.2, 0) is 11.3 Å². The Balaban J connectivity index is 2.02. The van der Waals surface area contributed by atoms with E-state index in [2.05, 4.69) is 10.1 Å². The highest BCUT2D eigenvalue weighted by Gasteiger charge is 2.17. The van der Waals surface area contributed by atoms with Crippen molar-refractivity contribution in [3.63, 3.8) is 0 Å². The fourth-order valence-corrected chi connectivity index (χ4v) is 3.04. The summed E-state index contributed by atoms with van der Waals surface area (Å²) in [5, 5.41) is 3.06. The van der Waals surface area contributed by atoms with Gasteiger partial charge in [-0.05, 0) is 17.7 Å². The standard InChI is InChI=1S/C20H16FN3O2/c1-26-12-17-19(13-6-3-2-4-7-13)20-22-16(11-18(25)24(20)23-17)14-8-5-9-15(21)10-14/h2-11,23H,12H2,1H3. The van der Waals surface area contributed by atoms with Crippen molar-refractivity contribution in [3.05, 3.63) is 82.5 Å². The summed E-state index contributed by atoms with van der Waals surface area (Å²) in [7, 11) is 1.59. The van der Waals surface area contributed by atoms with Crippen LogP contribution in [0.15, 0.2) is 65.5 Å². The van der Waals surface area contributed by atoms with E-state index in [4.69, 9.17) is 4.74 Å². The minimum Gasteiger partial charge on any atom is -0.378 e. The lowest BCUT2D eigenvalue weighted by molar-refractivity contribution is 0.181. The lowest BCUT2D eigenvalue weighted by atomic mass is 10.1. The van der Waals surface area contributed by atoms with Crippen LogP contribution in [0.5, 0.6) is 0 Å². The molecular weight excluding hydrogens is 333 g/mol. The topological polar surface area (TPSA) is 59.4 Å². The molecule has 0 atom stereocenters. The predicted molar refractivity (Wildman–Crippen MR) is 97.4 cm³/mol. The zero-order valence-corrected chi connectivity index (χ0v) is 14.1. The van der Waals surface area contributed by atoms with Crippen molar-refractivity contribution >= 4 is 5.65 Å². The number of nitrogens with zero attached hydrogens (tertiary/aromatic N) is 2. The molecule has 0 unspecified atom stereocenters. The van der Waals surface area contributed by atoms with Gasteiger partial charge in [0, 0.05) is 24.3 Å². The highest BCUT2D eigenvalue weighted by molar-refractivity contribution is 5.81. The van der Waals surface area contributed by atoms with Gasteiger partial charge in [-0.3, -0.25) is 9.89 Å². The quantitative estimate of drug-likeness (QED) is 0.612. The van der Waals surface area contributed by atoms with Gasteiger partial charge >= 0.3 is 0 Å². The van der Waals surface area contributed by atoms with Crippen LogP contribution in [0.3, 0.4) is 0 Å². The van der Waals surface area contributed by atoms with Gasteiger partial charge in [-0.15, -0.1) is 0 Å². The maximum absolute atomic E-state index is 13.6. The molecule has 0 saturated heterocycles. The molecule has 6 heteroatoms. The second kappa shape index (κ2) is 6.57. The summed E-state index contributed by atoms with van der Waals surface area (Å²) in [6, 6.07) is 17.1.